The van der Waals surface area contributed by atoms with Crippen molar-refractivity contribution in [1.82, 2.24) is 9.62 Å². The maximum Gasteiger partial charge on any atom is 0.231 e. The van der Waals surface area contributed by atoms with Gasteiger partial charge in [-0.15, -0.1) is 0 Å². The second kappa shape index (κ2) is 8.76. The van der Waals surface area contributed by atoms with E-state index in [-0.39, 0.29) is 11.7 Å². The highest BCUT2D eigenvalue weighted by Crippen LogP contribution is 2.36. The number of amides is 1. The van der Waals surface area contributed by atoms with Crippen molar-refractivity contribution in [3.8, 4) is 6.07 Å². The number of rotatable bonds is 6. The number of sulfonamides is 1. The van der Waals surface area contributed by atoms with Crippen molar-refractivity contribution in [2.24, 2.45) is 0 Å². The zero-order valence-electron chi connectivity index (χ0n) is 16.5. The fourth-order valence-electron chi connectivity index (χ4n) is 3.84. The van der Waals surface area contributed by atoms with E-state index in [1.165, 1.54) is 4.31 Å². The van der Waals surface area contributed by atoms with Gasteiger partial charge < -0.3 is 5.32 Å². The lowest BCUT2D eigenvalue weighted by Gasteiger charge is -2.40. The topological polar surface area (TPSA) is 90.3 Å². The van der Waals surface area contributed by atoms with Crippen molar-refractivity contribution in [3.63, 3.8) is 0 Å². The highest BCUT2D eigenvalue weighted by Gasteiger charge is 2.44. The van der Waals surface area contributed by atoms with Crippen molar-refractivity contribution in [3.05, 3.63) is 71.3 Å². The molecule has 1 aliphatic heterocycles. The highest BCUT2D eigenvalue weighted by molar-refractivity contribution is 7.89. The Morgan fingerprint density at radius 3 is 2.45 bits per heavy atom. The molecule has 6 nitrogen and oxygen atoms in total. The van der Waals surface area contributed by atoms with Gasteiger partial charge in [-0.1, -0.05) is 42.5 Å². The van der Waals surface area contributed by atoms with Crippen LogP contribution in [0.4, 0.5) is 0 Å². The lowest BCUT2D eigenvalue weighted by atomic mass is 9.72. The van der Waals surface area contributed by atoms with Gasteiger partial charge in [0.2, 0.25) is 15.9 Å². The molecule has 3 rings (SSSR count). The molecule has 1 heterocycles. The number of benzene rings is 2. The second-order valence-corrected chi connectivity index (χ2v) is 9.50. The molecule has 1 saturated heterocycles. The Balaban J connectivity index is 1.81. The lowest BCUT2D eigenvalue weighted by molar-refractivity contribution is -0.128. The van der Waals surface area contributed by atoms with Crippen LogP contribution in [0, 0.1) is 11.3 Å². The van der Waals surface area contributed by atoms with E-state index >= 15 is 0 Å². The molecule has 1 fully saturated rings. The summed E-state index contributed by atoms with van der Waals surface area (Å²) in [7, 11) is -3.27. The Morgan fingerprint density at radius 2 is 1.83 bits per heavy atom. The molecule has 1 N–H and O–H groups in total. The Bertz CT molecular complexity index is 1010. The summed E-state index contributed by atoms with van der Waals surface area (Å²) < 4.78 is 26.0. The van der Waals surface area contributed by atoms with Gasteiger partial charge in [-0.3, -0.25) is 4.79 Å². The molecule has 0 unspecified atom stereocenters. The van der Waals surface area contributed by atoms with Crippen molar-refractivity contribution in [1.29, 1.82) is 5.26 Å². The van der Waals surface area contributed by atoms with Gasteiger partial charge in [0.15, 0.2) is 0 Å². The van der Waals surface area contributed by atoms with Crippen LogP contribution in [-0.2, 0) is 26.8 Å². The maximum absolute atomic E-state index is 13.3. The van der Waals surface area contributed by atoms with Crippen LogP contribution < -0.4 is 5.32 Å². The van der Waals surface area contributed by atoms with Gasteiger partial charge in [0.1, 0.15) is 0 Å². The first-order valence-electron chi connectivity index (χ1n) is 9.72. The van der Waals surface area contributed by atoms with Crippen molar-refractivity contribution >= 4 is 15.9 Å². The van der Waals surface area contributed by atoms with Crippen LogP contribution in [0.3, 0.4) is 0 Å². The SMILES string of the molecule is CCS(=O)(=O)N1CCC(C(=O)NCc2cccc(C#N)c2)(c2ccccc2)CC1. The molecule has 0 radical (unpaired) electrons. The monoisotopic (exact) mass is 411 g/mol. The summed E-state index contributed by atoms with van der Waals surface area (Å²) in [5.41, 5.74) is 1.53. The normalized spacial score (nSPS) is 16.7. The summed E-state index contributed by atoms with van der Waals surface area (Å²) in [4.78, 5) is 13.3. The van der Waals surface area contributed by atoms with Gasteiger partial charge in [0, 0.05) is 19.6 Å². The number of hydrogen-bond donors (Lipinski definition) is 1. The first-order chi connectivity index (χ1) is 13.9. The van der Waals surface area contributed by atoms with Gasteiger partial charge >= 0.3 is 0 Å². The second-order valence-electron chi connectivity index (χ2n) is 7.24. The molecule has 0 spiro atoms. The molecule has 0 aliphatic carbocycles. The molecule has 152 valence electrons. The number of nitrogens with zero attached hydrogens (tertiary/aromatic N) is 2. The quantitative estimate of drug-likeness (QED) is 0.791. The number of carbonyl (C=O) groups excluding carboxylic acids is 1. The molecule has 0 aromatic heterocycles. The van der Waals surface area contributed by atoms with Gasteiger partial charge in [0.25, 0.3) is 0 Å². The van der Waals surface area contributed by atoms with Gasteiger partial charge in [-0.25, -0.2) is 12.7 Å². The van der Waals surface area contributed by atoms with Gasteiger partial charge in [-0.2, -0.15) is 5.26 Å². The number of carbonyl (C=O) groups is 1. The van der Waals surface area contributed by atoms with Crippen LogP contribution in [0.2, 0.25) is 0 Å². The Hall–Kier alpha value is -2.69. The molecule has 1 amide bonds. The lowest BCUT2D eigenvalue weighted by Crippen LogP contribution is -2.52. The highest BCUT2D eigenvalue weighted by atomic mass is 32.2. The molecule has 2 aromatic rings. The van der Waals surface area contributed by atoms with E-state index < -0.39 is 15.4 Å². The zero-order chi connectivity index (χ0) is 20.9. The maximum atomic E-state index is 13.3. The summed E-state index contributed by atoms with van der Waals surface area (Å²) in [6.07, 6.45) is 0.862. The molecule has 29 heavy (non-hydrogen) atoms. The van der Waals surface area contributed by atoms with E-state index in [4.69, 9.17) is 5.26 Å². The average molecular weight is 412 g/mol. The van der Waals surface area contributed by atoms with Crippen molar-refractivity contribution in [2.45, 2.75) is 31.7 Å². The number of nitrogens with one attached hydrogen (secondary N) is 1. The average Bonchev–Trinajstić information content (AvgIpc) is 2.78. The minimum atomic E-state index is -3.27. The van der Waals surface area contributed by atoms with Crippen LogP contribution in [0.1, 0.15) is 36.5 Å². The molecular weight excluding hydrogens is 386 g/mol. The minimum absolute atomic E-state index is 0.0623. The first kappa shape index (κ1) is 21.0. The third-order valence-corrected chi connectivity index (χ3v) is 7.49. The van der Waals surface area contributed by atoms with E-state index in [1.54, 1.807) is 25.1 Å². The number of nitriles is 1. The van der Waals surface area contributed by atoms with E-state index in [0.717, 1.165) is 11.1 Å². The minimum Gasteiger partial charge on any atom is -0.351 e. The Kier molecular flexibility index (Phi) is 6.36. The molecule has 0 saturated carbocycles. The predicted molar refractivity (Wildman–Crippen MR) is 111 cm³/mol. The third kappa shape index (κ3) is 4.50. The molecule has 0 atom stereocenters. The Labute approximate surface area is 172 Å². The van der Waals surface area contributed by atoms with Gasteiger partial charge in [-0.05, 0) is 43.0 Å². The molecule has 2 aromatic carbocycles. The number of piperidine rings is 1. The van der Waals surface area contributed by atoms with Crippen LogP contribution in [0.15, 0.2) is 54.6 Å². The van der Waals surface area contributed by atoms with Crippen molar-refractivity contribution in [2.75, 3.05) is 18.8 Å². The summed E-state index contributed by atoms with van der Waals surface area (Å²) in [6.45, 7) is 2.60. The van der Waals surface area contributed by atoms with E-state index in [2.05, 4.69) is 11.4 Å². The van der Waals surface area contributed by atoms with E-state index in [9.17, 15) is 13.2 Å². The molecule has 7 heteroatoms. The molecular formula is C22H25N3O3S. The van der Waals surface area contributed by atoms with Crippen LogP contribution in [0.25, 0.3) is 0 Å². The van der Waals surface area contributed by atoms with Crippen molar-refractivity contribution < 1.29 is 13.2 Å². The Morgan fingerprint density at radius 1 is 1.14 bits per heavy atom. The summed E-state index contributed by atoms with van der Waals surface area (Å²) in [6, 6.07) is 18.8. The third-order valence-electron chi connectivity index (χ3n) is 5.60. The fourth-order valence-corrected chi connectivity index (χ4v) is 4.94. The van der Waals surface area contributed by atoms with E-state index in [0.29, 0.717) is 38.0 Å². The molecule has 0 bridgehead atoms. The first-order valence-corrected chi connectivity index (χ1v) is 11.3. The largest absolute Gasteiger partial charge is 0.351 e. The van der Waals surface area contributed by atoms with Crippen LogP contribution in [0.5, 0.6) is 0 Å². The number of hydrogen-bond acceptors (Lipinski definition) is 4. The van der Waals surface area contributed by atoms with Crippen LogP contribution in [-0.4, -0.2) is 37.5 Å². The van der Waals surface area contributed by atoms with Gasteiger partial charge in [0.05, 0.1) is 22.8 Å². The summed E-state index contributed by atoms with van der Waals surface area (Å²) in [5.74, 6) is -0.0492. The standard InChI is InChI=1S/C22H25N3O3S/c1-2-29(27,28)25-13-11-22(12-14-25,20-9-4-3-5-10-20)21(26)24-17-19-8-6-7-18(15-19)16-23/h3-10,15H,2,11-14,17H2,1H3,(H,24,26). The van der Waals surface area contributed by atoms with E-state index in [1.807, 2.05) is 36.4 Å². The predicted octanol–water partition coefficient (Wildman–Crippen LogP) is 2.56. The zero-order valence-corrected chi connectivity index (χ0v) is 17.3. The fraction of sp³-hybridized carbons (Fsp3) is 0.364. The van der Waals surface area contributed by atoms with Crippen LogP contribution >= 0.6 is 0 Å². The summed E-state index contributed by atoms with van der Waals surface area (Å²) in [5, 5.41) is 12.1. The summed E-state index contributed by atoms with van der Waals surface area (Å²) >= 11 is 0. The molecule has 1 aliphatic rings. The smallest absolute Gasteiger partial charge is 0.231 e.